The summed E-state index contributed by atoms with van der Waals surface area (Å²) in [6.07, 6.45) is 5.12. The first-order chi connectivity index (χ1) is 9.79. The molecule has 0 spiro atoms. The van der Waals surface area contributed by atoms with Gasteiger partial charge in [-0.1, -0.05) is 37.3 Å². The van der Waals surface area contributed by atoms with E-state index < -0.39 is 0 Å². The minimum absolute atomic E-state index is 0.0459. The lowest BCUT2D eigenvalue weighted by molar-refractivity contribution is 0.0958. The van der Waals surface area contributed by atoms with E-state index in [-0.39, 0.29) is 5.78 Å². The lowest BCUT2D eigenvalue weighted by atomic mass is 10.2. The van der Waals surface area contributed by atoms with E-state index in [1.54, 1.807) is 12.4 Å². The minimum atomic E-state index is 0.0459. The van der Waals surface area contributed by atoms with E-state index in [1.807, 2.05) is 18.2 Å². The lowest BCUT2D eigenvalue weighted by Gasteiger charge is -2.19. The van der Waals surface area contributed by atoms with Gasteiger partial charge in [0.05, 0.1) is 6.20 Å². The van der Waals surface area contributed by atoms with Crippen molar-refractivity contribution >= 4 is 5.78 Å². The molecule has 0 aliphatic rings. The molecule has 0 amide bonds. The third kappa shape index (κ3) is 4.24. The van der Waals surface area contributed by atoms with Gasteiger partial charge in [0.25, 0.3) is 0 Å². The van der Waals surface area contributed by atoms with Crippen LogP contribution < -0.4 is 0 Å². The van der Waals surface area contributed by atoms with Crippen LogP contribution in [0.1, 0.15) is 29.4 Å². The Morgan fingerprint density at radius 2 is 2.00 bits per heavy atom. The molecule has 0 unspecified atom stereocenters. The van der Waals surface area contributed by atoms with Gasteiger partial charge in [0.15, 0.2) is 5.78 Å². The number of hydrogen-bond donors (Lipinski definition) is 0. The molecule has 0 saturated carbocycles. The van der Waals surface area contributed by atoms with Crippen LogP contribution in [0.2, 0.25) is 0 Å². The first-order valence-corrected chi connectivity index (χ1v) is 6.85. The molecule has 1 aromatic carbocycles. The van der Waals surface area contributed by atoms with Crippen LogP contribution in [0.5, 0.6) is 0 Å². The molecule has 0 bridgehead atoms. The largest absolute Gasteiger partial charge is 0.299 e. The molecule has 0 saturated heterocycles. The summed E-state index contributed by atoms with van der Waals surface area (Å²) < 4.78 is 0. The highest BCUT2D eigenvalue weighted by molar-refractivity contribution is 5.93. The van der Waals surface area contributed by atoms with Crippen LogP contribution in [0.3, 0.4) is 0 Å². The van der Waals surface area contributed by atoms with Crippen LogP contribution in [0.25, 0.3) is 0 Å². The Balaban J connectivity index is 1.86. The standard InChI is InChI=1S/C16H19N3O/c1-2-19(13-14-6-4-3-5-7-14)11-8-16(20)15-12-17-9-10-18-15/h3-7,9-10,12H,2,8,11,13H2,1H3. The van der Waals surface area contributed by atoms with Gasteiger partial charge in [-0.25, -0.2) is 4.98 Å². The van der Waals surface area contributed by atoms with Gasteiger partial charge in [0.1, 0.15) is 5.69 Å². The highest BCUT2D eigenvalue weighted by atomic mass is 16.1. The number of nitrogens with zero attached hydrogens (tertiary/aromatic N) is 3. The third-order valence-electron chi connectivity index (χ3n) is 3.20. The number of aromatic nitrogens is 2. The number of hydrogen-bond acceptors (Lipinski definition) is 4. The number of ketones is 1. The van der Waals surface area contributed by atoms with E-state index in [9.17, 15) is 4.79 Å². The molecule has 0 radical (unpaired) electrons. The SMILES string of the molecule is CCN(CCC(=O)c1cnccn1)Cc1ccccc1. The van der Waals surface area contributed by atoms with E-state index in [4.69, 9.17) is 0 Å². The van der Waals surface area contributed by atoms with E-state index in [0.29, 0.717) is 12.1 Å². The summed E-state index contributed by atoms with van der Waals surface area (Å²) in [6.45, 7) is 4.63. The van der Waals surface area contributed by atoms with Gasteiger partial charge >= 0.3 is 0 Å². The fourth-order valence-corrected chi connectivity index (χ4v) is 2.02. The molecule has 0 fully saturated rings. The average Bonchev–Trinajstić information content (AvgIpc) is 2.53. The van der Waals surface area contributed by atoms with E-state index in [2.05, 4.69) is 33.9 Å². The van der Waals surface area contributed by atoms with Crippen molar-refractivity contribution < 1.29 is 4.79 Å². The van der Waals surface area contributed by atoms with Crippen LogP contribution >= 0.6 is 0 Å². The van der Waals surface area contributed by atoms with Crippen molar-refractivity contribution in [2.45, 2.75) is 19.9 Å². The normalized spacial score (nSPS) is 10.7. The van der Waals surface area contributed by atoms with E-state index in [1.165, 1.54) is 11.8 Å². The van der Waals surface area contributed by atoms with Crippen LogP contribution in [-0.2, 0) is 6.54 Å². The third-order valence-corrected chi connectivity index (χ3v) is 3.20. The summed E-state index contributed by atoms with van der Waals surface area (Å²) >= 11 is 0. The second-order valence-corrected chi connectivity index (χ2v) is 4.62. The van der Waals surface area contributed by atoms with Crippen LogP contribution in [0.4, 0.5) is 0 Å². The lowest BCUT2D eigenvalue weighted by Crippen LogP contribution is -2.26. The Labute approximate surface area is 119 Å². The first-order valence-electron chi connectivity index (χ1n) is 6.85. The Hall–Kier alpha value is -2.07. The highest BCUT2D eigenvalue weighted by Crippen LogP contribution is 2.06. The monoisotopic (exact) mass is 269 g/mol. The molecule has 4 heteroatoms. The van der Waals surface area contributed by atoms with Crippen molar-refractivity contribution in [3.8, 4) is 0 Å². The zero-order chi connectivity index (χ0) is 14.2. The van der Waals surface area contributed by atoms with Crippen molar-refractivity contribution in [1.82, 2.24) is 14.9 Å². The molecule has 20 heavy (non-hydrogen) atoms. The summed E-state index contributed by atoms with van der Waals surface area (Å²) in [7, 11) is 0. The van der Waals surface area contributed by atoms with Gasteiger partial charge in [-0.05, 0) is 12.1 Å². The molecular weight excluding hydrogens is 250 g/mol. The molecule has 4 nitrogen and oxygen atoms in total. The van der Waals surface area contributed by atoms with Crippen molar-refractivity contribution in [2.24, 2.45) is 0 Å². The van der Waals surface area contributed by atoms with Crippen molar-refractivity contribution in [2.75, 3.05) is 13.1 Å². The molecule has 0 atom stereocenters. The average molecular weight is 269 g/mol. The van der Waals surface area contributed by atoms with Crippen molar-refractivity contribution in [1.29, 1.82) is 0 Å². The first kappa shape index (κ1) is 14.3. The predicted octanol–water partition coefficient (Wildman–Crippen LogP) is 2.57. The maximum Gasteiger partial charge on any atom is 0.184 e. The van der Waals surface area contributed by atoms with Gasteiger partial charge < -0.3 is 0 Å². The zero-order valence-electron chi connectivity index (χ0n) is 11.7. The number of benzene rings is 1. The molecule has 104 valence electrons. The van der Waals surface area contributed by atoms with Gasteiger partial charge in [0.2, 0.25) is 0 Å². The number of rotatable bonds is 7. The van der Waals surface area contributed by atoms with Gasteiger partial charge in [-0.2, -0.15) is 0 Å². The molecular formula is C16H19N3O. The topological polar surface area (TPSA) is 46.1 Å². The van der Waals surface area contributed by atoms with Gasteiger partial charge in [-0.15, -0.1) is 0 Å². The Morgan fingerprint density at radius 1 is 1.20 bits per heavy atom. The van der Waals surface area contributed by atoms with Crippen molar-refractivity contribution in [3.63, 3.8) is 0 Å². The predicted molar refractivity (Wildman–Crippen MR) is 78.4 cm³/mol. The fourth-order valence-electron chi connectivity index (χ4n) is 2.02. The van der Waals surface area contributed by atoms with Gasteiger partial charge in [0, 0.05) is 31.9 Å². The molecule has 2 aromatic rings. The maximum atomic E-state index is 12.0. The second-order valence-electron chi connectivity index (χ2n) is 4.62. The van der Waals surface area contributed by atoms with Crippen LogP contribution in [0.15, 0.2) is 48.9 Å². The Bertz CT molecular complexity index is 528. The Kier molecular flexibility index (Phi) is 5.38. The Morgan fingerprint density at radius 3 is 2.65 bits per heavy atom. The smallest absolute Gasteiger partial charge is 0.184 e. The number of carbonyl (C=O) groups is 1. The molecule has 0 aliphatic heterocycles. The minimum Gasteiger partial charge on any atom is -0.299 e. The molecule has 1 heterocycles. The maximum absolute atomic E-state index is 12.0. The summed E-state index contributed by atoms with van der Waals surface area (Å²) in [6, 6.07) is 10.3. The molecule has 0 N–H and O–H groups in total. The highest BCUT2D eigenvalue weighted by Gasteiger charge is 2.10. The summed E-state index contributed by atoms with van der Waals surface area (Å²) in [5.41, 5.74) is 1.71. The summed E-state index contributed by atoms with van der Waals surface area (Å²) in [5, 5.41) is 0. The fraction of sp³-hybridized carbons (Fsp3) is 0.312. The number of Topliss-reactive ketones (excluding diaryl/α,β-unsaturated/α-hetero) is 1. The van der Waals surface area contributed by atoms with Crippen LogP contribution in [-0.4, -0.2) is 33.7 Å². The summed E-state index contributed by atoms with van der Waals surface area (Å²) in [4.78, 5) is 22.2. The zero-order valence-corrected chi connectivity index (χ0v) is 11.7. The molecule has 1 aromatic heterocycles. The van der Waals surface area contributed by atoms with Crippen LogP contribution in [0, 0.1) is 0 Å². The van der Waals surface area contributed by atoms with Gasteiger partial charge in [-0.3, -0.25) is 14.7 Å². The molecule has 2 rings (SSSR count). The quantitative estimate of drug-likeness (QED) is 0.725. The second kappa shape index (κ2) is 7.50. The number of carbonyl (C=O) groups excluding carboxylic acids is 1. The van der Waals surface area contributed by atoms with E-state index in [0.717, 1.165) is 19.6 Å². The van der Waals surface area contributed by atoms with Crippen molar-refractivity contribution in [3.05, 3.63) is 60.2 Å². The molecule has 0 aliphatic carbocycles. The summed E-state index contributed by atoms with van der Waals surface area (Å²) in [5.74, 6) is 0.0459. The van der Waals surface area contributed by atoms with E-state index >= 15 is 0 Å².